The van der Waals surface area contributed by atoms with Gasteiger partial charge in [-0.25, -0.2) is 4.99 Å². The molecular formula is C28H27ClN2O10S2. The lowest BCUT2D eigenvalue weighted by molar-refractivity contribution is -0.237. The predicted molar refractivity (Wildman–Crippen MR) is 158 cm³/mol. The summed E-state index contributed by atoms with van der Waals surface area (Å²) in [5.74, 6) is -3.32. The van der Waals surface area contributed by atoms with Crippen LogP contribution in [-0.4, -0.2) is 71.4 Å². The van der Waals surface area contributed by atoms with Crippen molar-refractivity contribution in [2.75, 3.05) is 11.5 Å². The van der Waals surface area contributed by atoms with E-state index < -0.39 is 59.6 Å². The molecule has 1 amide bonds. The lowest BCUT2D eigenvalue weighted by Crippen LogP contribution is -2.61. The van der Waals surface area contributed by atoms with Gasteiger partial charge in [0.2, 0.25) is 0 Å². The Morgan fingerprint density at radius 3 is 2.16 bits per heavy atom. The van der Waals surface area contributed by atoms with Crippen LogP contribution in [0.4, 0.5) is 5.69 Å². The van der Waals surface area contributed by atoms with Crippen molar-refractivity contribution in [1.29, 1.82) is 0 Å². The molecule has 1 aromatic carbocycles. The molecule has 1 fully saturated rings. The first kappa shape index (κ1) is 32.2. The number of halogens is 1. The van der Waals surface area contributed by atoms with Gasteiger partial charge in [-0.2, -0.15) is 0 Å². The number of carbonyl (C=O) groups is 5. The van der Waals surface area contributed by atoms with E-state index in [1.54, 1.807) is 30.3 Å². The number of esters is 4. The topological polar surface area (TPSA) is 147 Å². The van der Waals surface area contributed by atoms with Crippen LogP contribution in [0.5, 0.6) is 0 Å². The van der Waals surface area contributed by atoms with Crippen molar-refractivity contribution < 1.29 is 47.7 Å². The van der Waals surface area contributed by atoms with Crippen molar-refractivity contribution in [3.05, 3.63) is 57.4 Å². The first-order valence-corrected chi connectivity index (χ1v) is 15.0. The Bertz CT molecular complexity index is 1440. The van der Waals surface area contributed by atoms with Gasteiger partial charge in [0.1, 0.15) is 18.4 Å². The SMILES string of the molecule is CC(=O)OC[C@H]1O[C@@H](SC2=N/C(=C\c3cccs3)C(=O)N2c2ccc(Cl)cc2)[C@@H](OC(C)=O)[C@@H](OC(C)=O)[C@H]1OC(C)=O. The highest BCUT2D eigenvalue weighted by Gasteiger charge is 2.53. The summed E-state index contributed by atoms with van der Waals surface area (Å²) in [5.41, 5.74) is -0.602. The van der Waals surface area contributed by atoms with Gasteiger partial charge < -0.3 is 23.7 Å². The first-order chi connectivity index (χ1) is 20.4. The Labute approximate surface area is 259 Å². The number of amidine groups is 1. The molecule has 12 nitrogen and oxygen atoms in total. The molecule has 0 N–H and O–H groups in total. The molecule has 0 unspecified atom stereocenters. The second-order valence-electron chi connectivity index (χ2n) is 9.24. The second-order valence-corrected chi connectivity index (χ2v) is 11.7. The van der Waals surface area contributed by atoms with Crippen molar-refractivity contribution in [1.82, 2.24) is 0 Å². The maximum Gasteiger partial charge on any atom is 0.303 e. The maximum absolute atomic E-state index is 13.6. The summed E-state index contributed by atoms with van der Waals surface area (Å²) in [7, 11) is 0. The van der Waals surface area contributed by atoms with Crippen LogP contribution in [0.25, 0.3) is 6.08 Å². The van der Waals surface area contributed by atoms with E-state index in [2.05, 4.69) is 4.99 Å². The molecule has 0 bridgehead atoms. The molecule has 2 aromatic rings. The van der Waals surface area contributed by atoms with Crippen molar-refractivity contribution in [3.8, 4) is 0 Å². The second kappa shape index (κ2) is 14.2. The van der Waals surface area contributed by atoms with Crippen molar-refractivity contribution in [2.45, 2.75) is 57.5 Å². The molecule has 1 saturated heterocycles. The molecular weight excluding hydrogens is 624 g/mol. The van der Waals surface area contributed by atoms with Gasteiger partial charge in [0, 0.05) is 37.6 Å². The number of ether oxygens (including phenoxy) is 5. The quantitative estimate of drug-likeness (QED) is 0.232. The number of aliphatic imine (C=N–C) groups is 1. The number of thioether (sulfide) groups is 1. The number of anilines is 1. The van der Waals surface area contributed by atoms with Crippen LogP contribution in [-0.2, 0) is 47.7 Å². The Balaban J connectivity index is 1.78. The molecule has 43 heavy (non-hydrogen) atoms. The highest BCUT2D eigenvalue weighted by atomic mass is 35.5. The normalized spacial score (nSPS) is 24.3. The molecule has 5 atom stereocenters. The largest absolute Gasteiger partial charge is 0.463 e. The fourth-order valence-electron chi connectivity index (χ4n) is 4.29. The third-order valence-electron chi connectivity index (χ3n) is 5.91. The molecule has 228 valence electrons. The van der Waals surface area contributed by atoms with E-state index >= 15 is 0 Å². The number of carbonyl (C=O) groups excluding carboxylic acids is 5. The third kappa shape index (κ3) is 8.22. The van der Waals surface area contributed by atoms with Gasteiger partial charge in [0.15, 0.2) is 28.9 Å². The van der Waals surface area contributed by atoms with Crippen molar-refractivity contribution in [2.24, 2.45) is 4.99 Å². The van der Waals surface area contributed by atoms with E-state index in [1.165, 1.54) is 23.2 Å². The van der Waals surface area contributed by atoms with Crippen LogP contribution in [0.1, 0.15) is 32.6 Å². The zero-order chi connectivity index (χ0) is 31.3. The van der Waals surface area contributed by atoms with Gasteiger partial charge >= 0.3 is 23.9 Å². The average molecular weight is 651 g/mol. The zero-order valence-corrected chi connectivity index (χ0v) is 25.8. The fourth-order valence-corrected chi connectivity index (χ4v) is 6.26. The number of nitrogens with zero attached hydrogens (tertiary/aromatic N) is 2. The summed E-state index contributed by atoms with van der Waals surface area (Å²) in [4.78, 5) is 68.4. The minimum absolute atomic E-state index is 0.130. The summed E-state index contributed by atoms with van der Waals surface area (Å²) in [6.45, 7) is 4.23. The van der Waals surface area contributed by atoms with Crippen molar-refractivity contribution in [3.63, 3.8) is 0 Å². The summed E-state index contributed by atoms with van der Waals surface area (Å²) in [5, 5.41) is 2.46. The average Bonchev–Trinajstić information content (AvgIpc) is 3.54. The minimum Gasteiger partial charge on any atom is -0.463 e. The molecule has 0 radical (unpaired) electrons. The molecule has 2 aliphatic heterocycles. The minimum atomic E-state index is -1.36. The Kier molecular flexibility index (Phi) is 10.6. The summed E-state index contributed by atoms with van der Waals surface area (Å²) < 4.78 is 27.8. The molecule has 0 spiro atoms. The molecule has 0 saturated carbocycles. The number of thiophene rings is 1. The highest BCUT2D eigenvalue weighted by molar-refractivity contribution is 8.14. The smallest absolute Gasteiger partial charge is 0.303 e. The first-order valence-electron chi connectivity index (χ1n) is 12.8. The monoisotopic (exact) mass is 650 g/mol. The number of rotatable bonds is 8. The van der Waals surface area contributed by atoms with E-state index in [1.807, 2.05) is 17.5 Å². The molecule has 1 aromatic heterocycles. The molecule has 3 heterocycles. The molecule has 0 aliphatic carbocycles. The van der Waals surface area contributed by atoms with Gasteiger partial charge in [-0.1, -0.05) is 29.4 Å². The summed E-state index contributed by atoms with van der Waals surface area (Å²) >= 11 is 8.41. The lowest BCUT2D eigenvalue weighted by Gasteiger charge is -2.44. The van der Waals surface area contributed by atoms with Gasteiger partial charge in [-0.15, -0.1) is 11.3 Å². The maximum atomic E-state index is 13.6. The molecule has 2 aliphatic rings. The highest BCUT2D eigenvalue weighted by Crippen LogP contribution is 2.39. The lowest BCUT2D eigenvalue weighted by atomic mass is 9.99. The van der Waals surface area contributed by atoms with E-state index in [0.29, 0.717) is 10.7 Å². The molecule has 15 heteroatoms. The van der Waals surface area contributed by atoms with E-state index in [-0.39, 0.29) is 17.5 Å². The van der Waals surface area contributed by atoms with Crippen LogP contribution < -0.4 is 4.90 Å². The van der Waals surface area contributed by atoms with Crippen LogP contribution in [0.15, 0.2) is 52.5 Å². The number of hydrogen-bond donors (Lipinski definition) is 0. The van der Waals surface area contributed by atoms with E-state index in [4.69, 9.17) is 35.3 Å². The van der Waals surface area contributed by atoms with E-state index in [9.17, 15) is 24.0 Å². The van der Waals surface area contributed by atoms with E-state index in [0.717, 1.165) is 37.4 Å². The number of hydrogen-bond acceptors (Lipinski definition) is 13. The van der Waals surface area contributed by atoms with Crippen LogP contribution in [0.3, 0.4) is 0 Å². The third-order valence-corrected chi connectivity index (χ3v) is 8.07. The predicted octanol–water partition coefficient (Wildman–Crippen LogP) is 3.96. The number of amides is 1. The van der Waals surface area contributed by atoms with Gasteiger partial charge in [-0.05, 0) is 41.8 Å². The Morgan fingerprint density at radius 1 is 0.953 bits per heavy atom. The Hall–Kier alpha value is -3.72. The number of benzene rings is 1. The van der Waals surface area contributed by atoms with Crippen LogP contribution in [0, 0.1) is 0 Å². The summed E-state index contributed by atoms with van der Waals surface area (Å²) in [6, 6.07) is 10.2. The Morgan fingerprint density at radius 2 is 1.58 bits per heavy atom. The van der Waals surface area contributed by atoms with Gasteiger partial charge in [-0.3, -0.25) is 28.9 Å². The van der Waals surface area contributed by atoms with Crippen LogP contribution >= 0.6 is 34.7 Å². The van der Waals surface area contributed by atoms with Gasteiger partial charge in [0.25, 0.3) is 5.91 Å². The zero-order valence-electron chi connectivity index (χ0n) is 23.4. The standard InChI is InChI=1S/C28H27ClN2O10S2/c1-14(32)37-13-22-23(38-15(2)33)24(39-16(3)34)25(40-17(4)35)27(41-22)43-28-30-21(12-20-6-5-11-42-20)26(36)31(28)19-9-7-18(29)8-10-19/h5-12,22-25,27H,13H2,1-4H3/b21-12-/t22-,23+,24+,25+,27+/m1/s1. The van der Waals surface area contributed by atoms with Crippen molar-refractivity contribution >= 4 is 81.4 Å². The molecule has 4 rings (SSSR count). The summed E-state index contributed by atoms with van der Waals surface area (Å²) in [6.07, 6.45) is -3.52. The van der Waals surface area contributed by atoms with Gasteiger partial charge in [0.05, 0.1) is 5.69 Å². The van der Waals surface area contributed by atoms with Crippen LogP contribution in [0.2, 0.25) is 5.02 Å². The fraction of sp³-hybridized carbons (Fsp3) is 0.357.